The van der Waals surface area contributed by atoms with Crippen LogP contribution < -0.4 is 10.5 Å². The summed E-state index contributed by atoms with van der Waals surface area (Å²) < 4.78 is 23.6. The molecule has 2 N–H and O–H groups in total. The van der Waals surface area contributed by atoms with Crippen molar-refractivity contribution in [2.24, 2.45) is 0 Å². The number of nitrogen functional groups attached to an aromatic ring is 1. The summed E-state index contributed by atoms with van der Waals surface area (Å²) in [6.07, 6.45) is 0. The summed E-state index contributed by atoms with van der Waals surface area (Å²) in [7, 11) is 1.39. The van der Waals surface area contributed by atoms with Gasteiger partial charge in [0.05, 0.1) is 7.11 Å². The molecule has 0 aliphatic rings. The molecule has 1 heterocycles. The van der Waals surface area contributed by atoms with Gasteiger partial charge in [-0.05, 0) is 34.1 Å². The van der Waals surface area contributed by atoms with Gasteiger partial charge in [-0.1, -0.05) is 5.16 Å². The van der Waals surface area contributed by atoms with Crippen molar-refractivity contribution in [2.45, 2.75) is 0 Å². The van der Waals surface area contributed by atoms with Crippen LogP contribution in [0.25, 0.3) is 11.3 Å². The molecule has 6 heteroatoms. The molecule has 16 heavy (non-hydrogen) atoms. The molecule has 0 bridgehead atoms. The van der Waals surface area contributed by atoms with Crippen molar-refractivity contribution >= 4 is 21.7 Å². The molecule has 0 amide bonds. The molecular weight excluding hydrogens is 279 g/mol. The summed E-state index contributed by atoms with van der Waals surface area (Å²) in [5, 5.41) is 3.59. The molecule has 0 saturated carbocycles. The molecule has 0 spiro atoms. The minimum Gasteiger partial charge on any atom is -0.494 e. The Labute approximate surface area is 99.3 Å². The zero-order valence-corrected chi connectivity index (χ0v) is 9.92. The topological polar surface area (TPSA) is 61.3 Å². The van der Waals surface area contributed by atoms with E-state index in [0.717, 1.165) is 0 Å². The lowest BCUT2D eigenvalue weighted by atomic mass is 10.1. The Kier molecular flexibility index (Phi) is 2.82. The maximum absolute atomic E-state index is 13.2. The van der Waals surface area contributed by atoms with Gasteiger partial charge in [0, 0.05) is 5.56 Å². The zero-order chi connectivity index (χ0) is 11.7. The Hall–Kier alpha value is -1.56. The Balaban J connectivity index is 2.52. The Morgan fingerprint density at radius 2 is 2.25 bits per heavy atom. The fourth-order valence-corrected chi connectivity index (χ4v) is 1.65. The summed E-state index contributed by atoms with van der Waals surface area (Å²) in [4.78, 5) is 0. The molecular formula is C10H8BrFN2O2. The lowest BCUT2D eigenvalue weighted by Gasteiger charge is -2.03. The van der Waals surface area contributed by atoms with Gasteiger partial charge in [-0.15, -0.1) is 0 Å². The summed E-state index contributed by atoms with van der Waals surface area (Å²) in [5.74, 6) is 0.392. The van der Waals surface area contributed by atoms with Crippen molar-refractivity contribution in [3.05, 3.63) is 28.5 Å². The first-order valence-electron chi connectivity index (χ1n) is 4.38. The van der Waals surface area contributed by atoms with Crippen molar-refractivity contribution in [1.29, 1.82) is 0 Å². The van der Waals surface area contributed by atoms with Gasteiger partial charge < -0.3 is 15.0 Å². The number of nitrogens with two attached hydrogens (primary N) is 1. The van der Waals surface area contributed by atoms with Crippen LogP contribution in [-0.4, -0.2) is 12.3 Å². The van der Waals surface area contributed by atoms with E-state index < -0.39 is 5.82 Å². The molecule has 4 nitrogen and oxygen atoms in total. The monoisotopic (exact) mass is 286 g/mol. The number of nitrogens with zero attached hydrogens (tertiary/aromatic N) is 1. The predicted molar refractivity (Wildman–Crippen MR) is 60.6 cm³/mol. The van der Waals surface area contributed by atoms with Crippen LogP contribution in [0, 0.1) is 5.82 Å². The molecule has 0 aliphatic carbocycles. The third-order valence-electron chi connectivity index (χ3n) is 2.07. The van der Waals surface area contributed by atoms with E-state index in [1.54, 1.807) is 6.07 Å². The highest BCUT2D eigenvalue weighted by Gasteiger charge is 2.15. The maximum Gasteiger partial charge on any atom is 0.183 e. The van der Waals surface area contributed by atoms with Crippen LogP contribution in [0.4, 0.5) is 10.2 Å². The highest BCUT2D eigenvalue weighted by molar-refractivity contribution is 9.10. The van der Waals surface area contributed by atoms with Crippen LogP contribution in [0.1, 0.15) is 0 Å². The summed E-state index contributed by atoms with van der Waals surface area (Å²) in [6, 6.07) is 4.36. The van der Waals surface area contributed by atoms with Crippen LogP contribution in [0.3, 0.4) is 0 Å². The standard InChI is InChI=1S/C10H8BrFN2O2/c1-15-7-4-5(2-3-6(7)12)9-8(11)10(13)14-16-9/h2-4H,1H3,(H2,13,14). The highest BCUT2D eigenvalue weighted by atomic mass is 79.9. The Bertz CT molecular complexity index is 528. The van der Waals surface area contributed by atoms with Crippen LogP contribution in [-0.2, 0) is 0 Å². The van der Waals surface area contributed by atoms with Gasteiger partial charge in [0.2, 0.25) is 0 Å². The van der Waals surface area contributed by atoms with E-state index in [0.29, 0.717) is 15.8 Å². The Morgan fingerprint density at radius 3 is 2.81 bits per heavy atom. The summed E-state index contributed by atoms with van der Waals surface area (Å²) in [6.45, 7) is 0. The number of rotatable bonds is 2. The largest absolute Gasteiger partial charge is 0.494 e. The number of hydrogen-bond donors (Lipinski definition) is 1. The van der Waals surface area contributed by atoms with Crippen LogP contribution in [0.5, 0.6) is 5.75 Å². The smallest absolute Gasteiger partial charge is 0.183 e. The second kappa shape index (κ2) is 4.13. The molecule has 2 rings (SSSR count). The molecule has 0 saturated heterocycles. The van der Waals surface area contributed by atoms with E-state index in [9.17, 15) is 4.39 Å². The molecule has 0 unspecified atom stereocenters. The Morgan fingerprint density at radius 1 is 1.50 bits per heavy atom. The maximum atomic E-state index is 13.2. The third kappa shape index (κ3) is 1.76. The predicted octanol–water partition coefficient (Wildman–Crippen LogP) is 2.83. The average molecular weight is 287 g/mol. The SMILES string of the molecule is COc1cc(-c2onc(N)c2Br)ccc1F. The normalized spacial score (nSPS) is 10.4. The van der Waals surface area contributed by atoms with Gasteiger partial charge >= 0.3 is 0 Å². The summed E-state index contributed by atoms with van der Waals surface area (Å²) >= 11 is 3.24. The molecule has 0 atom stereocenters. The minimum absolute atomic E-state index is 0.138. The van der Waals surface area contributed by atoms with Gasteiger partial charge in [-0.2, -0.15) is 0 Å². The molecule has 2 aromatic rings. The van der Waals surface area contributed by atoms with Crippen LogP contribution in [0.2, 0.25) is 0 Å². The number of methoxy groups -OCH3 is 1. The van der Waals surface area contributed by atoms with Crippen molar-refractivity contribution in [3.63, 3.8) is 0 Å². The fraction of sp³-hybridized carbons (Fsp3) is 0.100. The second-order valence-corrected chi connectivity index (χ2v) is 3.85. The number of hydrogen-bond acceptors (Lipinski definition) is 4. The number of ether oxygens (including phenoxy) is 1. The van der Waals surface area contributed by atoms with E-state index in [1.807, 2.05) is 0 Å². The van der Waals surface area contributed by atoms with Crippen molar-refractivity contribution < 1.29 is 13.7 Å². The molecule has 84 valence electrons. The number of aromatic nitrogens is 1. The van der Waals surface area contributed by atoms with Gasteiger partial charge in [-0.25, -0.2) is 4.39 Å². The summed E-state index contributed by atoms with van der Waals surface area (Å²) in [5.41, 5.74) is 6.16. The first-order chi connectivity index (χ1) is 7.63. The lowest BCUT2D eigenvalue weighted by Crippen LogP contribution is -1.88. The van der Waals surface area contributed by atoms with Crippen molar-refractivity contribution in [1.82, 2.24) is 5.16 Å². The average Bonchev–Trinajstić information content (AvgIpc) is 2.61. The van der Waals surface area contributed by atoms with Crippen molar-refractivity contribution in [2.75, 3.05) is 12.8 Å². The van der Waals surface area contributed by atoms with E-state index in [2.05, 4.69) is 21.1 Å². The lowest BCUT2D eigenvalue weighted by molar-refractivity contribution is 0.386. The first-order valence-corrected chi connectivity index (χ1v) is 5.17. The number of halogens is 2. The quantitative estimate of drug-likeness (QED) is 0.922. The number of benzene rings is 1. The van der Waals surface area contributed by atoms with Gasteiger partial charge in [-0.3, -0.25) is 0 Å². The molecule has 0 fully saturated rings. The third-order valence-corrected chi connectivity index (χ3v) is 2.84. The second-order valence-electron chi connectivity index (χ2n) is 3.06. The molecule has 0 aliphatic heterocycles. The van der Waals surface area contributed by atoms with Gasteiger partial charge in [0.15, 0.2) is 23.1 Å². The molecule has 1 aromatic carbocycles. The van der Waals surface area contributed by atoms with Gasteiger partial charge in [0.25, 0.3) is 0 Å². The minimum atomic E-state index is -0.435. The van der Waals surface area contributed by atoms with E-state index in [-0.39, 0.29) is 11.6 Å². The first kappa shape index (κ1) is 10.9. The highest BCUT2D eigenvalue weighted by Crippen LogP contribution is 2.34. The van der Waals surface area contributed by atoms with E-state index >= 15 is 0 Å². The van der Waals surface area contributed by atoms with Crippen LogP contribution >= 0.6 is 15.9 Å². The van der Waals surface area contributed by atoms with Crippen molar-refractivity contribution in [3.8, 4) is 17.1 Å². The van der Waals surface area contributed by atoms with E-state index in [4.69, 9.17) is 15.0 Å². The van der Waals surface area contributed by atoms with Crippen LogP contribution in [0.15, 0.2) is 27.2 Å². The number of anilines is 1. The molecule has 1 aromatic heterocycles. The fourth-order valence-electron chi connectivity index (χ4n) is 1.27. The zero-order valence-electron chi connectivity index (χ0n) is 8.33. The van der Waals surface area contributed by atoms with E-state index in [1.165, 1.54) is 19.2 Å². The van der Waals surface area contributed by atoms with Gasteiger partial charge in [0.1, 0.15) is 4.47 Å². The molecule has 0 radical (unpaired) electrons.